The summed E-state index contributed by atoms with van der Waals surface area (Å²) in [5.74, 6) is -0.488. The second-order valence-electron chi connectivity index (χ2n) is 6.07. The fourth-order valence-electron chi connectivity index (χ4n) is 2.41. The number of aryl methyl sites for hydroxylation is 2. The maximum atomic E-state index is 12.4. The van der Waals surface area contributed by atoms with Gasteiger partial charge in [-0.2, -0.15) is 0 Å². The number of benzene rings is 1. The summed E-state index contributed by atoms with van der Waals surface area (Å²) in [5, 5.41) is 11.3. The number of rotatable bonds is 5. The summed E-state index contributed by atoms with van der Waals surface area (Å²) in [6.07, 6.45) is 0.0303. The van der Waals surface area contributed by atoms with Crippen molar-refractivity contribution in [1.29, 1.82) is 0 Å². The Kier molecular flexibility index (Phi) is 5.26. The minimum atomic E-state index is -0.325. The van der Waals surface area contributed by atoms with Crippen molar-refractivity contribution >= 4 is 39.2 Å². The van der Waals surface area contributed by atoms with Crippen molar-refractivity contribution in [3.05, 3.63) is 45.2 Å². The number of amides is 2. The molecule has 10 heteroatoms. The molecule has 0 aliphatic rings. The van der Waals surface area contributed by atoms with Crippen LogP contribution in [0, 0.1) is 6.92 Å². The summed E-state index contributed by atoms with van der Waals surface area (Å²) < 4.78 is 1.16. The number of aromatic nitrogens is 4. The summed E-state index contributed by atoms with van der Waals surface area (Å²) in [7, 11) is 3.31. The Labute approximate surface area is 158 Å². The molecule has 140 valence electrons. The fourth-order valence-corrected chi connectivity index (χ4v) is 3.41. The van der Waals surface area contributed by atoms with Crippen molar-refractivity contribution in [2.24, 2.45) is 0 Å². The monoisotopic (exact) mass is 386 g/mol. The van der Waals surface area contributed by atoms with Crippen LogP contribution in [0.3, 0.4) is 0 Å². The number of thiazole rings is 1. The molecular weight excluding hydrogens is 368 g/mol. The number of anilines is 1. The average molecular weight is 386 g/mol. The lowest BCUT2D eigenvalue weighted by Crippen LogP contribution is -2.26. The van der Waals surface area contributed by atoms with Crippen molar-refractivity contribution in [3.63, 3.8) is 0 Å². The van der Waals surface area contributed by atoms with Gasteiger partial charge in [-0.05, 0) is 19.1 Å². The maximum Gasteiger partial charge on any atom is 0.277 e. The largest absolute Gasteiger partial charge is 0.344 e. The number of carbonyl (C=O) groups is 2. The molecule has 0 unspecified atom stereocenters. The Bertz CT molecular complexity index is 1070. The Balaban J connectivity index is 1.67. The molecule has 0 radical (unpaired) electrons. The summed E-state index contributed by atoms with van der Waals surface area (Å²) in [4.78, 5) is 42.7. The van der Waals surface area contributed by atoms with Crippen LogP contribution in [0.4, 0.5) is 5.13 Å². The van der Waals surface area contributed by atoms with Crippen LogP contribution in [0.25, 0.3) is 10.9 Å². The zero-order chi connectivity index (χ0) is 19.6. The predicted octanol–water partition coefficient (Wildman–Crippen LogP) is 1.29. The number of nitrogens with one attached hydrogen (secondary N) is 1. The van der Waals surface area contributed by atoms with Gasteiger partial charge >= 0.3 is 0 Å². The van der Waals surface area contributed by atoms with Crippen LogP contribution in [0.2, 0.25) is 0 Å². The van der Waals surface area contributed by atoms with Crippen LogP contribution < -0.4 is 10.9 Å². The lowest BCUT2D eigenvalue weighted by Gasteiger charge is -2.07. The molecule has 0 bridgehead atoms. The van der Waals surface area contributed by atoms with E-state index in [4.69, 9.17) is 0 Å². The van der Waals surface area contributed by atoms with E-state index in [9.17, 15) is 14.4 Å². The molecule has 9 nitrogen and oxygen atoms in total. The van der Waals surface area contributed by atoms with Gasteiger partial charge in [0.25, 0.3) is 11.5 Å². The van der Waals surface area contributed by atoms with E-state index in [0.717, 1.165) is 16.0 Å². The molecule has 0 aliphatic heterocycles. The van der Waals surface area contributed by atoms with E-state index < -0.39 is 0 Å². The lowest BCUT2D eigenvalue weighted by molar-refractivity contribution is -0.116. The Hall–Kier alpha value is -3.14. The molecule has 3 aromatic rings. The number of carbonyl (C=O) groups excluding carboxylic acids is 2. The third-order valence-electron chi connectivity index (χ3n) is 3.82. The molecule has 2 heterocycles. The van der Waals surface area contributed by atoms with E-state index in [2.05, 4.69) is 20.6 Å². The molecule has 27 heavy (non-hydrogen) atoms. The van der Waals surface area contributed by atoms with Crippen LogP contribution in [-0.4, -0.2) is 50.8 Å². The fraction of sp³-hybridized carbons (Fsp3) is 0.294. The molecule has 0 saturated carbocycles. The van der Waals surface area contributed by atoms with Crippen LogP contribution in [0.5, 0.6) is 0 Å². The van der Waals surface area contributed by atoms with E-state index in [1.807, 2.05) is 0 Å². The van der Waals surface area contributed by atoms with Gasteiger partial charge in [0.2, 0.25) is 5.91 Å². The molecule has 0 spiro atoms. The van der Waals surface area contributed by atoms with Crippen molar-refractivity contribution in [3.8, 4) is 0 Å². The Morgan fingerprint density at radius 2 is 2.00 bits per heavy atom. The van der Waals surface area contributed by atoms with Gasteiger partial charge in [-0.1, -0.05) is 28.7 Å². The topological polar surface area (TPSA) is 110 Å². The van der Waals surface area contributed by atoms with E-state index in [1.54, 1.807) is 45.3 Å². The highest BCUT2D eigenvalue weighted by molar-refractivity contribution is 7.17. The van der Waals surface area contributed by atoms with Gasteiger partial charge in [0.1, 0.15) is 10.4 Å². The number of hydrogen-bond donors (Lipinski definition) is 1. The van der Waals surface area contributed by atoms with Crippen LogP contribution in [0.15, 0.2) is 29.1 Å². The molecule has 0 saturated heterocycles. The average Bonchev–Trinajstić information content (AvgIpc) is 3.00. The Morgan fingerprint density at radius 3 is 2.74 bits per heavy atom. The first kappa shape index (κ1) is 18.6. The Morgan fingerprint density at radius 1 is 1.26 bits per heavy atom. The standard InChI is InChI=1S/C17H18N6O3S/c1-10-14(16(26)22(2)3)27-17(18-10)19-13(24)8-9-23-15(25)11-6-4-5-7-12(11)20-21-23/h4-7H,8-9H2,1-3H3,(H,18,19,24). The third kappa shape index (κ3) is 4.00. The highest BCUT2D eigenvalue weighted by Crippen LogP contribution is 2.23. The first-order valence-corrected chi connectivity index (χ1v) is 9.00. The van der Waals surface area contributed by atoms with Crippen molar-refractivity contribution in [2.75, 3.05) is 19.4 Å². The van der Waals surface area contributed by atoms with Crippen molar-refractivity contribution in [2.45, 2.75) is 19.9 Å². The van der Waals surface area contributed by atoms with Gasteiger partial charge in [-0.15, -0.1) is 5.10 Å². The van der Waals surface area contributed by atoms with E-state index in [0.29, 0.717) is 26.6 Å². The third-order valence-corrected chi connectivity index (χ3v) is 4.88. The molecule has 2 amide bonds. The quantitative estimate of drug-likeness (QED) is 0.707. The van der Waals surface area contributed by atoms with Crippen LogP contribution in [0.1, 0.15) is 21.8 Å². The van der Waals surface area contributed by atoms with Gasteiger partial charge in [0, 0.05) is 20.5 Å². The van der Waals surface area contributed by atoms with Gasteiger partial charge in [-0.25, -0.2) is 9.67 Å². The smallest absolute Gasteiger partial charge is 0.277 e. The first-order valence-electron chi connectivity index (χ1n) is 8.18. The van der Waals surface area contributed by atoms with Crippen LogP contribution >= 0.6 is 11.3 Å². The zero-order valence-corrected chi connectivity index (χ0v) is 15.9. The second-order valence-corrected chi connectivity index (χ2v) is 7.07. The lowest BCUT2D eigenvalue weighted by atomic mass is 10.2. The summed E-state index contributed by atoms with van der Waals surface area (Å²) in [6, 6.07) is 6.90. The molecular formula is C17H18N6O3S. The molecule has 2 aromatic heterocycles. The molecule has 0 fully saturated rings. The van der Waals surface area contributed by atoms with E-state index in [1.165, 1.54) is 4.90 Å². The SMILES string of the molecule is Cc1nc(NC(=O)CCn2nnc3ccccc3c2=O)sc1C(=O)N(C)C. The summed E-state index contributed by atoms with van der Waals surface area (Å²) in [5.41, 5.74) is 0.780. The summed E-state index contributed by atoms with van der Waals surface area (Å²) >= 11 is 1.12. The zero-order valence-electron chi connectivity index (χ0n) is 15.1. The number of hydrogen-bond acceptors (Lipinski definition) is 7. The van der Waals surface area contributed by atoms with Gasteiger partial charge < -0.3 is 10.2 Å². The van der Waals surface area contributed by atoms with Gasteiger partial charge in [0.05, 0.1) is 17.6 Å². The summed E-state index contributed by atoms with van der Waals surface area (Å²) in [6.45, 7) is 1.81. The van der Waals surface area contributed by atoms with Gasteiger partial charge in [-0.3, -0.25) is 14.4 Å². The minimum Gasteiger partial charge on any atom is -0.344 e. The van der Waals surface area contributed by atoms with Crippen molar-refractivity contribution < 1.29 is 9.59 Å². The van der Waals surface area contributed by atoms with Crippen molar-refractivity contribution in [1.82, 2.24) is 24.9 Å². The molecule has 1 aromatic carbocycles. The molecule has 1 N–H and O–H groups in total. The number of nitrogens with zero attached hydrogens (tertiary/aromatic N) is 5. The highest BCUT2D eigenvalue weighted by Gasteiger charge is 2.18. The van der Waals surface area contributed by atoms with Gasteiger partial charge in [0.15, 0.2) is 5.13 Å². The molecule has 3 rings (SSSR count). The second kappa shape index (κ2) is 7.62. The van der Waals surface area contributed by atoms with Crippen LogP contribution in [-0.2, 0) is 11.3 Å². The van der Waals surface area contributed by atoms with E-state index in [-0.39, 0.29) is 30.3 Å². The predicted molar refractivity (Wildman–Crippen MR) is 102 cm³/mol. The molecule has 0 aliphatic carbocycles. The van der Waals surface area contributed by atoms with E-state index >= 15 is 0 Å². The minimum absolute atomic E-state index is 0.0303. The highest BCUT2D eigenvalue weighted by atomic mass is 32.1. The first-order chi connectivity index (χ1) is 12.9. The molecule has 0 atom stereocenters. The number of fused-ring (bicyclic) bond motifs is 1. The maximum absolute atomic E-state index is 12.4. The normalized spacial score (nSPS) is 10.8.